The Hall–Kier alpha value is -2.32. The third-order valence-electron chi connectivity index (χ3n) is 2.98. The Kier molecular flexibility index (Phi) is 4.29. The van der Waals surface area contributed by atoms with Crippen LogP contribution in [0, 0.1) is 6.57 Å². The zero-order chi connectivity index (χ0) is 15.6. The van der Waals surface area contributed by atoms with Gasteiger partial charge in [0.25, 0.3) is 0 Å². The van der Waals surface area contributed by atoms with Crippen LogP contribution in [0.3, 0.4) is 0 Å². The average molecular weight is 304 g/mol. The molecule has 0 aliphatic carbocycles. The van der Waals surface area contributed by atoms with Crippen molar-refractivity contribution >= 4 is 39.8 Å². The Morgan fingerprint density at radius 1 is 1.48 bits per heavy atom. The maximum Gasteiger partial charge on any atom is 0.341 e. The molecule has 2 aromatic rings. The lowest BCUT2D eigenvalue weighted by atomic mass is 10.1. The smallest absolute Gasteiger partial charge is 0.341 e. The lowest BCUT2D eigenvalue weighted by Gasteiger charge is -2.16. The monoisotopic (exact) mass is 303 g/mol. The second-order valence-electron chi connectivity index (χ2n) is 4.57. The predicted molar refractivity (Wildman–Crippen MR) is 83.3 cm³/mol. The summed E-state index contributed by atoms with van der Waals surface area (Å²) in [4.78, 5) is 21.5. The highest BCUT2D eigenvalue weighted by Gasteiger charge is 2.17. The van der Waals surface area contributed by atoms with E-state index in [1.807, 2.05) is 19.0 Å². The lowest BCUT2D eigenvalue weighted by molar-refractivity contribution is 0.0526. The van der Waals surface area contributed by atoms with Crippen molar-refractivity contribution in [2.45, 2.75) is 6.92 Å². The van der Waals surface area contributed by atoms with Gasteiger partial charge in [0.05, 0.1) is 35.0 Å². The number of hydrogen-bond acceptors (Lipinski definition) is 4. The van der Waals surface area contributed by atoms with E-state index >= 15 is 0 Å². The van der Waals surface area contributed by atoms with Gasteiger partial charge in [0.1, 0.15) is 0 Å². The fraction of sp³-hybridized carbons (Fsp3) is 0.267. The van der Waals surface area contributed by atoms with Gasteiger partial charge in [-0.25, -0.2) is 9.64 Å². The summed E-state index contributed by atoms with van der Waals surface area (Å²) in [6.07, 6.45) is 1.41. The molecular formula is C15H14ClN3O2. The molecule has 0 aliphatic rings. The quantitative estimate of drug-likeness (QED) is 0.641. The van der Waals surface area contributed by atoms with E-state index in [4.69, 9.17) is 22.9 Å². The van der Waals surface area contributed by atoms with Crippen molar-refractivity contribution in [2.75, 3.05) is 25.6 Å². The summed E-state index contributed by atoms with van der Waals surface area (Å²) < 4.78 is 4.96. The molecule has 0 bridgehead atoms. The summed E-state index contributed by atoms with van der Waals surface area (Å²) in [5.74, 6) is -0.517. The molecule has 21 heavy (non-hydrogen) atoms. The summed E-state index contributed by atoms with van der Waals surface area (Å²) in [6.45, 7) is 9.17. The van der Waals surface area contributed by atoms with Crippen LogP contribution >= 0.6 is 11.6 Å². The molecule has 0 saturated heterocycles. The molecule has 0 amide bonds. The van der Waals surface area contributed by atoms with E-state index in [1.165, 1.54) is 6.20 Å². The molecule has 5 nitrogen and oxygen atoms in total. The van der Waals surface area contributed by atoms with E-state index < -0.39 is 5.97 Å². The minimum absolute atomic E-state index is 0.206. The number of anilines is 1. The Morgan fingerprint density at radius 2 is 2.19 bits per heavy atom. The number of benzene rings is 1. The topological polar surface area (TPSA) is 46.8 Å². The molecule has 2 rings (SSSR count). The summed E-state index contributed by atoms with van der Waals surface area (Å²) in [5, 5.41) is 0.825. The maximum atomic E-state index is 11.9. The molecule has 0 saturated carbocycles. The minimum Gasteiger partial charge on any atom is -0.462 e. The average Bonchev–Trinajstić information content (AvgIpc) is 2.46. The van der Waals surface area contributed by atoms with Crippen molar-refractivity contribution in [1.29, 1.82) is 0 Å². The first kappa shape index (κ1) is 15.1. The molecule has 0 radical (unpaired) electrons. The van der Waals surface area contributed by atoms with Crippen LogP contribution < -0.4 is 4.90 Å². The van der Waals surface area contributed by atoms with Crippen LogP contribution in [0.2, 0.25) is 5.02 Å². The molecular weight excluding hydrogens is 290 g/mol. The van der Waals surface area contributed by atoms with E-state index in [2.05, 4.69) is 9.83 Å². The highest BCUT2D eigenvalue weighted by Crippen LogP contribution is 2.35. The number of nitrogens with zero attached hydrogens (tertiary/aromatic N) is 3. The number of carbonyl (C=O) groups excluding carboxylic acids is 1. The number of fused-ring (bicyclic) bond motifs is 1. The van der Waals surface area contributed by atoms with E-state index in [1.54, 1.807) is 19.1 Å². The third-order valence-corrected chi connectivity index (χ3v) is 3.38. The molecule has 1 aromatic carbocycles. The molecule has 0 N–H and O–H groups in total. The highest BCUT2D eigenvalue weighted by atomic mass is 35.5. The molecule has 6 heteroatoms. The zero-order valence-electron chi connectivity index (χ0n) is 12.0. The molecule has 0 fully saturated rings. The highest BCUT2D eigenvalue weighted by molar-refractivity contribution is 6.38. The number of hydrogen-bond donors (Lipinski definition) is 0. The van der Waals surface area contributed by atoms with Crippen LogP contribution in [-0.4, -0.2) is 31.7 Å². The lowest BCUT2D eigenvalue weighted by Crippen LogP contribution is -2.11. The Balaban J connectivity index is 2.75. The van der Waals surface area contributed by atoms with Gasteiger partial charge in [-0.3, -0.25) is 4.98 Å². The summed E-state index contributed by atoms with van der Waals surface area (Å²) in [7, 11) is 3.72. The van der Waals surface area contributed by atoms with Gasteiger partial charge in [-0.05, 0) is 19.1 Å². The van der Waals surface area contributed by atoms with Crippen molar-refractivity contribution in [2.24, 2.45) is 0 Å². The van der Waals surface area contributed by atoms with Gasteiger partial charge in [0.2, 0.25) is 0 Å². The fourth-order valence-corrected chi connectivity index (χ4v) is 2.26. The van der Waals surface area contributed by atoms with Gasteiger partial charge < -0.3 is 9.64 Å². The van der Waals surface area contributed by atoms with Crippen LogP contribution in [0.5, 0.6) is 0 Å². The Bertz CT molecular complexity index is 751. The Labute approximate surface area is 127 Å². The summed E-state index contributed by atoms with van der Waals surface area (Å²) >= 11 is 6.32. The fourth-order valence-electron chi connectivity index (χ4n) is 1.99. The van der Waals surface area contributed by atoms with Crippen LogP contribution in [0.25, 0.3) is 15.7 Å². The molecule has 0 spiro atoms. The second-order valence-corrected chi connectivity index (χ2v) is 4.95. The first-order valence-corrected chi connectivity index (χ1v) is 6.71. The second kappa shape index (κ2) is 5.98. The molecule has 0 unspecified atom stereocenters. The minimum atomic E-state index is -0.517. The van der Waals surface area contributed by atoms with Gasteiger partial charge in [-0.2, -0.15) is 0 Å². The van der Waals surface area contributed by atoms with E-state index in [9.17, 15) is 4.79 Å². The van der Waals surface area contributed by atoms with Crippen LogP contribution in [0.15, 0.2) is 18.3 Å². The van der Waals surface area contributed by atoms with Gasteiger partial charge in [-0.15, -0.1) is 0 Å². The number of carbonyl (C=O) groups is 1. The van der Waals surface area contributed by atoms with Crippen molar-refractivity contribution in [3.63, 3.8) is 0 Å². The van der Waals surface area contributed by atoms with Crippen molar-refractivity contribution in [3.05, 3.63) is 40.3 Å². The number of rotatable bonds is 3. The predicted octanol–water partition coefficient (Wildman–Crippen LogP) is 3.68. The number of esters is 1. The molecule has 1 aromatic heterocycles. The van der Waals surface area contributed by atoms with Gasteiger partial charge >= 0.3 is 5.97 Å². The first-order valence-electron chi connectivity index (χ1n) is 6.33. The standard InChI is InChI=1S/C15H14ClN3O2/c1-5-21-15(20)11-8-18-14-10(13(11)16)6-9(17-2)7-12(14)19(3)4/h6-8H,5H2,1,3-4H3. The molecule has 0 atom stereocenters. The van der Waals surface area contributed by atoms with E-state index in [0.29, 0.717) is 16.6 Å². The first-order chi connectivity index (χ1) is 9.99. The van der Waals surface area contributed by atoms with Crippen LogP contribution in [0.1, 0.15) is 17.3 Å². The van der Waals surface area contributed by atoms with Crippen molar-refractivity contribution in [3.8, 4) is 0 Å². The van der Waals surface area contributed by atoms with E-state index in [0.717, 1.165) is 5.69 Å². The van der Waals surface area contributed by atoms with Gasteiger partial charge in [0.15, 0.2) is 5.69 Å². The van der Waals surface area contributed by atoms with Crippen LogP contribution in [0.4, 0.5) is 11.4 Å². The molecule has 1 heterocycles. The molecule has 0 aliphatic heterocycles. The number of ether oxygens (including phenoxy) is 1. The zero-order valence-corrected chi connectivity index (χ0v) is 12.7. The number of halogens is 1. The van der Waals surface area contributed by atoms with Gasteiger partial charge in [0, 0.05) is 25.7 Å². The normalized spacial score (nSPS) is 10.2. The maximum absolute atomic E-state index is 11.9. The number of aromatic nitrogens is 1. The SMILES string of the molecule is [C-]#[N+]c1cc(N(C)C)c2ncc(C(=O)OCC)c(Cl)c2c1. The summed E-state index contributed by atoms with van der Waals surface area (Å²) in [5.41, 5.74) is 2.06. The Morgan fingerprint density at radius 3 is 2.76 bits per heavy atom. The molecule has 108 valence electrons. The van der Waals surface area contributed by atoms with Crippen molar-refractivity contribution in [1.82, 2.24) is 4.98 Å². The largest absolute Gasteiger partial charge is 0.462 e. The summed E-state index contributed by atoms with van der Waals surface area (Å²) in [6, 6.07) is 3.37. The van der Waals surface area contributed by atoms with Gasteiger partial charge in [-0.1, -0.05) is 11.6 Å². The number of pyridine rings is 1. The van der Waals surface area contributed by atoms with E-state index in [-0.39, 0.29) is 17.2 Å². The van der Waals surface area contributed by atoms with Crippen molar-refractivity contribution < 1.29 is 9.53 Å². The van der Waals surface area contributed by atoms with Crippen LogP contribution in [-0.2, 0) is 4.74 Å². The third kappa shape index (κ3) is 2.76.